The highest BCUT2D eigenvalue weighted by molar-refractivity contribution is 14.0. The Kier molecular flexibility index (Phi) is 9.85. The van der Waals surface area contributed by atoms with Crippen molar-refractivity contribution >= 4 is 47.2 Å². The molecule has 3 N–H and O–H groups in total. The Bertz CT molecular complexity index is 760. The molecule has 0 radical (unpaired) electrons. The molecule has 0 atom stereocenters. The van der Waals surface area contributed by atoms with Crippen LogP contribution in [0.3, 0.4) is 0 Å². The fourth-order valence-electron chi connectivity index (χ4n) is 2.05. The first-order valence-electron chi connectivity index (χ1n) is 8.38. The summed E-state index contributed by atoms with van der Waals surface area (Å²) in [5.41, 5.74) is 0.0327. The molecule has 2 heterocycles. The number of nitrogens with one attached hydrogen (secondary N) is 3. The molecule has 0 spiro atoms. The average Bonchev–Trinajstić information content (AvgIpc) is 2.94. The fourth-order valence-corrected chi connectivity index (χ4v) is 2.91. The summed E-state index contributed by atoms with van der Waals surface area (Å²) in [7, 11) is 0. The van der Waals surface area contributed by atoms with Gasteiger partial charge in [-0.15, -0.1) is 35.3 Å². The van der Waals surface area contributed by atoms with E-state index in [0.717, 1.165) is 23.0 Å². The number of aryl methyl sites for hydroxylation is 2. The number of hydrogen-bond donors (Lipinski definition) is 3. The van der Waals surface area contributed by atoms with Gasteiger partial charge in [0.1, 0.15) is 10.7 Å². The largest absolute Gasteiger partial charge is 0.433 e. The molecule has 0 aliphatic rings. The zero-order valence-electron chi connectivity index (χ0n) is 15.7. The van der Waals surface area contributed by atoms with E-state index in [1.165, 1.54) is 4.88 Å². The topological polar surface area (TPSA) is 87.1 Å². The van der Waals surface area contributed by atoms with Gasteiger partial charge in [0.15, 0.2) is 5.96 Å². The third-order valence-corrected chi connectivity index (χ3v) is 4.49. The second-order valence-electron chi connectivity index (χ2n) is 5.56. The Morgan fingerprint density at radius 3 is 2.54 bits per heavy atom. The number of nitrogens with zero attached hydrogens (tertiary/aromatic N) is 4. The van der Waals surface area contributed by atoms with Crippen LogP contribution in [-0.2, 0) is 12.7 Å². The number of aromatic nitrogens is 3. The zero-order valence-corrected chi connectivity index (χ0v) is 18.9. The second-order valence-corrected chi connectivity index (χ2v) is 6.85. The Labute approximate surface area is 182 Å². The summed E-state index contributed by atoms with van der Waals surface area (Å²) in [6.07, 6.45) is -3.41. The van der Waals surface area contributed by atoms with Gasteiger partial charge in [0.05, 0.1) is 12.2 Å². The first-order chi connectivity index (χ1) is 12.8. The molecule has 0 saturated heterocycles. The number of rotatable bonds is 7. The molecule has 0 aromatic carbocycles. The number of hydrogen-bond acceptors (Lipinski definition) is 6. The minimum Gasteiger partial charge on any atom is -0.357 e. The molecule has 28 heavy (non-hydrogen) atoms. The summed E-state index contributed by atoms with van der Waals surface area (Å²) in [5.74, 6) is 0.539. The van der Waals surface area contributed by atoms with Crippen molar-refractivity contribution in [3.63, 3.8) is 0 Å². The number of anilines is 1. The van der Waals surface area contributed by atoms with Crippen molar-refractivity contribution in [2.24, 2.45) is 4.99 Å². The smallest absolute Gasteiger partial charge is 0.357 e. The number of guanidine groups is 1. The van der Waals surface area contributed by atoms with E-state index >= 15 is 0 Å². The highest BCUT2D eigenvalue weighted by atomic mass is 127. The normalized spacial score (nSPS) is 11.7. The fraction of sp³-hybridized carbons (Fsp3) is 0.500. The maximum absolute atomic E-state index is 12.6. The van der Waals surface area contributed by atoms with E-state index in [2.05, 4.69) is 35.9 Å². The molecule has 0 unspecified atom stereocenters. The van der Waals surface area contributed by atoms with Crippen LogP contribution < -0.4 is 16.0 Å². The SMILES string of the molecule is CCNC(=NCc1nc(C)c(C)s1)NCCNc1nccc(C(F)(F)F)n1.I. The molecule has 0 aliphatic carbocycles. The molecule has 2 aromatic heterocycles. The molecule has 0 saturated carbocycles. The van der Waals surface area contributed by atoms with Crippen LogP contribution >= 0.6 is 35.3 Å². The van der Waals surface area contributed by atoms with Crippen LogP contribution in [0.5, 0.6) is 0 Å². The highest BCUT2D eigenvalue weighted by Gasteiger charge is 2.32. The zero-order chi connectivity index (χ0) is 19.9. The van der Waals surface area contributed by atoms with Crippen molar-refractivity contribution < 1.29 is 13.2 Å². The molecule has 0 fully saturated rings. The molecule has 7 nitrogen and oxygen atoms in total. The van der Waals surface area contributed by atoms with Crippen LogP contribution in [0.1, 0.15) is 28.2 Å². The molecule has 156 valence electrons. The van der Waals surface area contributed by atoms with Crippen molar-refractivity contribution in [2.45, 2.75) is 33.5 Å². The Morgan fingerprint density at radius 2 is 1.93 bits per heavy atom. The van der Waals surface area contributed by atoms with Crippen LogP contribution in [0.4, 0.5) is 19.1 Å². The van der Waals surface area contributed by atoms with E-state index in [4.69, 9.17) is 0 Å². The van der Waals surface area contributed by atoms with E-state index < -0.39 is 11.9 Å². The lowest BCUT2D eigenvalue weighted by atomic mass is 10.4. The summed E-state index contributed by atoms with van der Waals surface area (Å²) in [5, 5.41) is 9.90. The van der Waals surface area contributed by atoms with Crippen LogP contribution in [-0.4, -0.2) is 40.5 Å². The lowest BCUT2D eigenvalue weighted by Crippen LogP contribution is -2.39. The maximum atomic E-state index is 12.6. The minimum absolute atomic E-state index is 0. The summed E-state index contributed by atoms with van der Waals surface area (Å²) in [6.45, 7) is 7.84. The van der Waals surface area contributed by atoms with Gasteiger partial charge in [0, 0.05) is 30.7 Å². The highest BCUT2D eigenvalue weighted by Crippen LogP contribution is 2.27. The van der Waals surface area contributed by atoms with E-state index in [1.807, 2.05) is 20.8 Å². The third kappa shape index (κ3) is 7.73. The first kappa shape index (κ1) is 24.3. The molecular weight excluding hydrogens is 506 g/mol. The van der Waals surface area contributed by atoms with Crippen molar-refractivity contribution in [1.29, 1.82) is 0 Å². The summed E-state index contributed by atoms with van der Waals surface area (Å²) in [6, 6.07) is 0.835. The van der Waals surface area contributed by atoms with Crippen LogP contribution in [0, 0.1) is 13.8 Å². The van der Waals surface area contributed by atoms with Crippen molar-refractivity contribution in [1.82, 2.24) is 25.6 Å². The Hall–Kier alpha value is -1.70. The van der Waals surface area contributed by atoms with Gasteiger partial charge in [-0.2, -0.15) is 13.2 Å². The van der Waals surface area contributed by atoms with Gasteiger partial charge in [-0.1, -0.05) is 0 Å². The number of halogens is 4. The van der Waals surface area contributed by atoms with Crippen LogP contribution in [0.2, 0.25) is 0 Å². The molecule has 12 heteroatoms. The predicted octanol–water partition coefficient (Wildman–Crippen LogP) is 3.35. The molecular formula is C16H23F3IN7S. The van der Waals surface area contributed by atoms with Crippen LogP contribution in [0.25, 0.3) is 0 Å². The third-order valence-electron chi connectivity index (χ3n) is 3.44. The summed E-state index contributed by atoms with van der Waals surface area (Å²) >= 11 is 1.61. The van der Waals surface area contributed by atoms with E-state index in [9.17, 15) is 13.2 Å². The molecule has 2 aromatic rings. The average molecular weight is 529 g/mol. The van der Waals surface area contributed by atoms with E-state index in [-0.39, 0.29) is 29.9 Å². The molecule has 0 aliphatic heterocycles. The van der Waals surface area contributed by atoms with Gasteiger partial charge in [-0.3, -0.25) is 0 Å². The minimum atomic E-state index is -4.49. The molecule has 2 rings (SSSR count). The van der Waals surface area contributed by atoms with E-state index in [1.54, 1.807) is 11.3 Å². The predicted molar refractivity (Wildman–Crippen MR) is 115 cm³/mol. The lowest BCUT2D eigenvalue weighted by molar-refractivity contribution is -0.141. The molecule has 0 bridgehead atoms. The van der Waals surface area contributed by atoms with Crippen molar-refractivity contribution in [3.05, 3.63) is 33.5 Å². The van der Waals surface area contributed by atoms with Crippen LogP contribution in [0.15, 0.2) is 17.3 Å². The van der Waals surface area contributed by atoms with Crippen molar-refractivity contribution in [3.8, 4) is 0 Å². The quantitative estimate of drug-likeness (QED) is 0.221. The standard InChI is InChI=1S/C16H22F3N7S.HI/c1-4-20-14(24-9-13-25-10(2)11(3)27-13)22-7-8-23-15-21-6-5-12(26-15)16(17,18)19;/h5-6H,4,7-9H2,1-3H3,(H2,20,22,24)(H,21,23,26);1H. The maximum Gasteiger partial charge on any atom is 0.433 e. The van der Waals surface area contributed by atoms with Gasteiger partial charge in [-0.05, 0) is 26.8 Å². The van der Waals surface area contributed by atoms with Gasteiger partial charge in [-0.25, -0.2) is 19.9 Å². The second kappa shape index (κ2) is 11.3. The number of aliphatic imine (C=N–C) groups is 1. The summed E-state index contributed by atoms with van der Waals surface area (Å²) < 4.78 is 37.9. The van der Waals surface area contributed by atoms with Gasteiger partial charge < -0.3 is 16.0 Å². The van der Waals surface area contributed by atoms with Crippen molar-refractivity contribution in [2.75, 3.05) is 25.0 Å². The Balaban J connectivity index is 0.00000392. The summed E-state index contributed by atoms with van der Waals surface area (Å²) in [4.78, 5) is 17.3. The van der Waals surface area contributed by atoms with Gasteiger partial charge >= 0.3 is 6.18 Å². The van der Waals surface area contributed by atoms with E-state index in [0.29, 0.717) is 32.1 Å². The monoisotopic (exact) mass is 529 g/mol. The number of thiazole rings is 1. The van der Waals surface area contributed by atoms with Gasteiger partial charge in [0.25, 0.3) is 0 Å². The number of alkyl halides is 3. The Morgan fingerprint density at radius 1 is 1.18 bits per heavy atom. The lowest BCUT2D eigenvalue weighted by Gasteiger charge is -2.12. The molecule has 0 amide bonds. The van der Waals surface area contributed by atoms with Gasteiger partial charge in [0.2, 0.25) is 5.95 Å². The first-order valence-corrected chi connectivity index (χ1v) is 9.20.